The van der Waals surface area contributed by atoms with E-state index in [4.69, 9.17) is 10.7 Å². The maximum absolute atomic E-state index is 5.21. The molecule has 16 heavy (non-hydrogen) atoms. The Bertz CT molecular complexity index is 381. The molecule has 1 aliphatic rings. The molecule has 0 aliphatic carbocycles. The summed E-state index contributed by atoms with van der Waals surface area (Å²) in [6, 6.07) is 7.12. The molecule has 0 saturated heterocycles. The van der Waals surface area contributed by atoms with Gasteiger partial charge in [-0.1, -0.05) is 22.0 Å². The molecule has 1 aromatic carbocycles. The lowest BCUT2D eigenvalue weighted by Crippen LogP contribution is -2.41. The molecule has 2 rings (SSSR count). The van der Waals surface area contributed by atoms with E-state index in [-0.39, 0.29) is 0 Å². The van der Waals surface area contributed by atoms with Crippen molar-refractivity contribution in [2.45, 2.75) is 32.4 Å². The summed E-state index contributed by atoms with van der Waals surface area (Å²) in [5, 5.41) is 0. The first-order valence-corrected chi connectivity index (χ1v) is 6.32. The molecule has 2 N–H and O–H groups in total. The van der Waals surface area contributed by atoms with E-state index in [0.717, 1.165) is 6.42 Å². The van der Waals surface area contributed by atoms with Crippen LogP contribution in [0.3, 0.4) is 0 Å². The second-order valence-electron chi connectivity index (χ2n) is 4.43. The quantitative estimate of drug-likeness (QED) is 0.867. The first kappa shape index (κ1) is 11.9. The van der Waals surface area contributed by atoms with E-state index in [0.29, 0.717) is 18.7 Å². The molecule has 1 aliphatic heterocycles. The lowest BCUT2D eigenvalue weighted by Gasteiger charge is -2.30. The number of hydrogen-bond donors (Lipinski definition) is 1. The zero-order valence-corrected chi connectivity index (χ0v) is 11.2. The van der Waals surface area contributed by atoms with Crippen LogP contribution in [0.25, 0.3) is 0 Å². The Morgan fingerprint density at radius 1 is 1.56 bits per heavy atom. The van der Waals surface area contributed by atoms with Crippen LogP contribution in [0.5, 0.6) is 0 Å². The number of nitrogens with zero attached hydrogens (tertiary/aromatic N) is 1. The molecule has 0 aromatic heterocycles. The van der Waals surface area contributed by atoms with Gasteiger partial charge in [0.2, 0.25) is 0 Å². The molecule has 0 amide bonds. The van der Waals surface area contributed by atoms with E-state index < -0.39 is 0 Å². The van der Waals surface area contributed by atoms with Gasteiger partial charge in [-0.2, -0.15) is 0 Å². The van der Waals surface area contributed by atoms with Gasteiger partial charge in [-0.05, 0) is 38.0 Å². The average Bonchev–Trinajstić information content (AvgIpc) is 2.58. The van der Waals surface area contributed by atoms with Crippen molar-refractivity contribution in [1.29, 1.82) is 0 Å². The molecule has 1 unspecified atom stereocenters. The van der Waals surface area contributed by atoms with Crippen molar-refractivity contribution >= 4 is 21.6 Å². The Kier molecular flexibility index (Phi) is 3.52. The van der Waals surface area contributed by atoms with E-state index in [2.05, 4.69) is 52.9 Å². The second kappa shape index (κ2) is 4.73. The first-order valence-electron chi connectivity index (χ1n) is 5.52. The molecule has 1 heterocycles. The minimum atomic E-state index is 0.346. The average molecular weight is 285 g/mol. The smallest absolute Gasteiger partial charge is 0.0886 e. The topological polar surface area (TPSA) is 38.5 Å². The van der Waals surface area contributed by atoms with Crippen LogP contribution in [0.1, 0.15) is 19.4 Å². The van der Waals surface area contributed by atoms with Crippen molar-refractivity contribution in [3.05, 3.63) is 28.2 Å². The number of fused-ring (bicyclic) bond motifs is 1. The summed E-state index contributed by atoms with van der Waals surface area (Å²) in [6.45, 7) is 4.96. The maximum Gasteiger partial charge on any atom is 0.0886 e. The van der Waals surface area contributed by atoms with Crippen molar-refractivity contribution < 1.29 is 4.84 Å². The van der Waals surface area contributed by atoms with Gasteiger partial charge in [0.25, 0.3) is 0 Å². The van der Waals surface area contributed by atoms with E-state index in [1.54, 1.807) is 0 Å². The third-order valence-corrected chi connectivity index (χ3v) is 3.79. The Morgan fingerprint density at radius 3 is 2.94 bits per heavy atom. The number of hydrogen-bond acceptors (Lipinski definition) is 3. The van der Waals surface area contributed by atoms with Crippen molar-refractivity contribution in [3.8, 4) is 0 Å². The molecule has 0 radical (unpaired) electrons. The van der Waals surface area contributed by atoms with Gasteiger partial charge < -0.3 is 9.74 Å². The van der Waals surface area contributed by atoms with Gasteiger partial charge in [0.1, 0.15) is 0 Å². The number of nitrogens with two attached hydrogens (primary N) is 1. The van der Waals surface area contributed by atoms with Gasteiger partial charge in [0.15, 0.2) is 0 Å². The Hall–Kier alpha value is -0.580. The fourth-order valence-electron chi connectivity index (χ4n) is 2.47. The standard InChI is InChI=1S/C12H17BrN2O/c1-8(2)15-9(7-16-14)6-10-11(13)4-3-5-12(10)15/h3-5,8-9H,6-7,14H2,1-2H3. The third-order valence-electron chi connectivity index (χ3n) is 3.05. The minimum absolute atomic E-state index is 0.346. The maximum atomic E-state index is 5.21. The summed E-state index contributed by atoms with van der Waals surface area (Å²) in [6.07, 6.45) is 0.992. The molecule has 3 nitrogen and oxygen atoms in total. The van der Waals surface area contributed by atoms with Crippen LogP contribution in [-0.2, 0) is 11.3 Å². The van der Waals surface area contributed by atoms with E-state index in [1.807, 2.05) is 0 Å². The molecule has 0 bridgehead atoms. The van der Waals surface area contributed by atoms with E-state index >= 15 is 0 Å². The molecule has 1 aromatic rings. The normalized spacial score (nSPS) is 19.3. The Morgan fingerprint density at radius 2 is 2.31 bits per heavy atom. The van der Waals surface area contributed by atoms with Gasteiger partial charge in [-0.25, -0.2) is 5.90 Å². The van der Waals surface area contributed by atoms with Gasteiger partial charge >= 0.3 is 0 Å². The molecular formula is C12H17BrN2O. The third kappa shape index (κ3) is 1.97. The summed E-state index contributed by atoms with van der Waals surface area (Å²) in [4.78, 5) is 7.20. The van der Waals surface area contributed by atoms with Crippen LogP contribution in [0.4, 0.5) is 5.69 Å². The van der Waals surface area contributed by atoms with Gasteiger partial charge in [0, 0.05) is 16.2 Å². The molecule has 0 spiro atoms. The van der Waals surface area contributed by atoms with Crippen LogP contribution in [0.15, 0.2) is 22.7 Å². The molecular weight excluding hydrogens is 268 g/mol. The van der Waals surface area contributed by atoms with Gasteiger partial charge in [-0.3, -0.25) is 0 Å². The second-order valence-corrected chi connectivity index (χ2v) is 5.28. The van der Waals surface area contributed by atoms with Crippen LogP contribution in [0.2, 0.25) is 0 Å². The SMILES string of the molecule is CC(C)N1c2cccc(Br)c2CC1CON. The summed E-state index contributed by atoms with van der Waals surface area (Å²) >= 11 is 3.60. The highest BCUT2D eigenvalue weighted by molar-refractivity contribution is 9.10. The highest BCUT2D eigenvalue weighted by Gasteiger charge is 2.32. The van der Waals surface area contributed by atoms with Gasteiger partial charge in [-0.15, -0.1) is 0 Å². The predicted molar refractivity (Wildman–Crippen MR) is 69.4 cm³/mol. The molecule has 88 valence electrons. The number of anilines is 1. The van der Waals surface area contributed by atoms with Crippen molar-refractivity contribution in [2.75, 3.05) is 11.5 Å². The first-order chi connectivity index (χ1) is 7.65. The highest BCUT2D eigenvalue weighted by Crippen LogP contribution is 2.38. The van der Waals surface area contributed by atoms with Crippen LogP contribution in [-0.4, -0.2) is 18.7 Å². The van der Waals surface area contributed by atoms with Gasteiger partial charge in [0.05, 0.1) is 12.6 Å². The fourth-order valence-corrected chi connectivity index (χ4v) is 2.99. The highest BCUT2D eigenvalue weighted by atomic mass is 79.9. The van der Waals surface area contributed by atoms with Crippen molar-refractivity contribution in [3.63, 3.8) is 0 Å². The Balaban J connectivity index is 2.37. The lowest BCUT2D eigenvalue weighted by atomic mass is 10.1. The van der Waals surface area contributed by atoms with Crippen LogP contribution in [0, 0.1) is 0 Å². The monoisotopic (exact) mass is 284 g/mol. The number of halogens is 1. The summed E-state index contributed by atoms with van der Waals surface area (Å²) < 4.78 is 1.18. The van der Waals surface area contributed by atoms with Crippen LogP contribution < -0.4 is 10.8 Å². The fraction of sp³-hybridized carbons (Fsp3) is 0.500. The summed E-state index contributed by atoms with van der Waals surface area (Å²) in [5.74, 6) is 5.21. The lowest BCUT2D eigenvalue weighted by molar-refractivity contribution is 0.122. The zero-order chi connectivity index (χ0) is 11.7. The van der Waals surface area contributed by atoms with E-state index in [9.17, 15) is 0 Å². The van der Waals surface area contributed by atoms with Crippen molar-refractivity contribution in [1.82, 2.24) is 0 Å². The van der Waals surface area contributed by atoms with Crippen LogP contribution >= 0.6 is 15.9 Å². The minimum Gasteiger partial charge on any atom is -0.363 e. The predicted octanol–water partition coefficient (Wildman–Crippen LogP) is 2.48. The molecule has 1 atom stereocenters. The number of rotatable bonds is 3. The Labute approximate surface area is 105 Å². The molecule has 4 heteroatoms. The zero-order valence-electron chi connectivity index (χ0n) is 9.61. The molecule has 0 saturated carbocycles. The van der Waals surface area contributed by atoms with E-state index in [1.165, 1.54) is 15.7 Å². The molecule has 0 fully saturated rings. The summed E-state index contributed by atoms with van der Waals surface area (Å²) in [7, 11) is 0. The summed E-state index contributed by atoms with van der Waals surface area (Å²) in [5.41, 5.74) is 2.66. The number of benzene rings is 1. The van der Waals surface area contributed by atoms with Crippen molar-refractivity contribution in [2.24, 2.45) is 5.90 Å². The largest absolute Gasteiger partial charge is 0.363 e.